The summed E-state index contributed by atoms with van der Waals surface area (Å²) in [5.74, 6) is 1.72. The Balaban J connectivity index is 1.59. The molecule has 0 amide bonds. The van der Waals surface area contributed by atoms with E-state index in [9.17, 15) is 0 Å². The molecule has 1 aliphatic heterocycles. The summed E-state index contributed by atoms with van der Waals surface area (Å²) in [6.45, 7) is 4.52. The molecule has 2 heterocycles. The summed E-state index contributed by atoms with van der Waals surface area (Å²) < 4.78 is 0. The maximum atomic E-state index is 4.37. The first-order chi connectivity index (χ1) is 9.33. The number of piperidine rings is 1. The molecule has 19 heavy (non-hydrogen) atoms. The van der Waals surface area contributed by atoms with Crippen molar-refractivity contribution < 1.29 is 0 Å². The minimum atomic E-state index is 0.600. The fraction of sp³-hybridized carbons (Fsp3) is 0.733. The van der Waals surface area contributed by atoms with Gasteiger partial charge in [0, 0.05) is 37.6 Å². The highest BCUT2D eigenvalue weighted by Gasteiger charge is 2.28. The Hall–Kier alpha value is -1.16. The van der Waals surface area contributed by atoms with E-state index in [4.69, 9.17) is 0 Å². The molecule has 0 bridgehead atoms. The van der Waals surface area contributed by atoms with E-state index >= 15 is 0 Å². The highest BCUT2D eigenvalue weighted by Crippen LogP contribution is 2.26. The van der Waals surface area contributed by atoms with Crippen LogP contribution in [0.2, 0.25) is 0 Å². The van der Waals surface area contributed by atoms with Crippen molar-refractivity contribution >= 4 is 5.95 Å². The van der Waals surface area contributed by atoms with E-state index in [-0.39, 0.29) is 0 Å². The third kappa shape index (κ3) is 3.06. The molecular formula is C15H24N4. The Morgan fingerprint density at radius 2 is 2.00 bits per heavy atom. The summed E-state index contributed by atoms with van der Waals surface area (Å²) in [5.41, 5.74) is 0. The van der Waals surface area contributed by atoms with Gasteiger partial charge in [-0.2, -0.15) is 0 Å². The van der Waals surface area contributed by atoms with Crippen LogP contribution < -0.4 is 10.2 Å². The van der Waals surface area contributed by atoms with Crippen LogP contribution in [0.5, 0.6) is 0 Å². The molecule has 1 saturated heterocycles. The van der Waals surface area contributed by atoms with Crippen LogP contribution >= 0.6 is 0 Å². The second-order valence-corrected chi connectivity index (χ2v) is 6.02. The summed E-state index contributed by atoms with van der Waals surface area (Å²) in [5, 5.41) is 3.87. The molecule has 4 nitrogen and oxygen atoms in total. The molecular weight excluding hydrogens is 236 g/mol. The van der Waals surface area contributed by atoms with Gasteiger partial charge in [0.1, 0.15) is 0 Å². The van der Waals surface area contributed by atoms with E-state index in [1.54, 1.807) is 0 Å². The van der Waals surface area contributed by atoms with Crippen molar-refractivity contribution in [1.29, 1.82) is 0 Å². The van der Waals surface area contributed by atoms with Crippen molar-refractivity contribution in [1.82, 2.24) is 15.3 Å². The van der Waals surface area contributed by atoms with E-state index in [1.807, 2.05) is 18.5 Å². The van der Waals surface area contributed by atoms with Gasteiger partial charge in [-0.15, -0.1) is 0 Å². The van der Waals surface area contributed by atoms with Crippen molar-refractivity contribution in [3.05, 3.63) is 18.5 Å². The Morgan fingerprint density at radius 1 is 1.16 bits per heavy atom. The smallest absolute Gasteiger partial charge is 0.225 e. The normalized spacial score (nSPS) is 31.6. The van der Waals surface area contributed by atoms with E-state index < -0.39 is 0 Å². The van der Waals surface area contributed by atoms with Gasteiger partial charge in [0.25, 0.3) is 0 Å². The molecule has 1 aromatic rings. The first kappa shape index (κ1) is 12.9. The summed E-state index contributed by atoms with van der Waals surface area (Å²) in [7, 11) is 0. The van der Waals surface area contributed by atoms with Crippen LogP contribution in [-0.2, 0) is 0 Å². The molecule has 3 rings (SSSR count). The van der Waals surface area contributed by atoms with Gasteiger partial charge in [-0.05, 0) is 37.7 Å². The number of nitrogens with one attached hydrogen (secondary N) is 1. The SMILES string of the molecule is CC1CCCC1NC1CCCN(c2ncccn2)C1. The van der Waals surface area contributed by atoms with Crippen molar-refractivity contribution in [2.24, 2.45) is 5.92 Å². The molecule has 4 heteroatoms. The molecule has 0 spiro atoms. The van der Waals surface area contributed by atoms with Crippen molar-refractivity contribution in [2.75, 3.05) is 18.0 Å². The summed E-state index contributed by atoms with van der Waals surface area (Å²) in [6, 6.07) is 3.20. The van der Waals surface area contributed by atoms with Gasteiger partial charge in [-0.3, -0.25) is 0 Å². The van der Waals surface area contributed by atoms with Crippen molar-refractivity contribution in [3.63, 3.8) is 0 Å². The van der Waals surface area contributed by atoms with Crippen LogP contribution in [-0.4, -0.2) is 35.1 Å². The number of hydrogen-bond acceptors (Lipinski definition) is 4. The van der Waals surface area contributed by atoms with E-state index in [0.29, 0.717) is 6.04 Å². The fourth-order valence-electron chi connectivity index (χ4n) is 3.45. The summed E-state index contributed by atoms with van der Waals surface area (Å²) in [6.07, 6.45) is 10.3. The van der Waals surface area contributed by atoms with Crippen LogP contribution in [0.25, 0.3) is 0 Å². The van der Waals surface area contributed by atoms with Crippen LogP contribution in [0.4, 0.5) is 5.95 Å². The lowest BCUT2D eigenvalue weighted by Crippen LogP contribution is -2.50. The molecule has 0 aromatic carbocycles. The second kappa shape index (κ2) is 5.87. The van der Waals surface area contributed by atoms with Crippen molar-refractivity contribution in [3.8, 4) is 0 Å². The molecule has 0 radical (unpaired) electrons. The summed E-state index contributed by atoms with van der Waals surface area (Å²) >= 11 is 0. The quantitative estimate of drug-likeness (QED) is 0.905. The maximum absolute atomic E-state index is 4.37. The van der Waals surface area contributed by atoms with E-state index in [0.717, 1.165) is 31.0 Å². The molecule has 1 saturated carbocycles. The number of anilines is 1. The predicted octanol–water partition coefficient (Wildman–Crippen LogP) is 2.22. The lowest BCUT2D eigenvalue weighted by molar-refractivity contribution is 0.335. The molecule has 3 unspecified atom stereocenters. The molecule has 1 aliphatic carbocycles. The lowest BCUT2D eigenvalue weighted by atomic mass is 10.0. The van der Waals surface area contributed by atoms with Gasteiger partial charge in [-0.25, -0.2) is 9.97 Å². The van der Waals surface area contributed by atoms with Gasteiger partial charge in [0.05, 0.1) is 0 Å². The Morgan fingerprint density at radius 3 is 2.74 bits per heavy atom. The Kier molecular flexibility index (Phi) is 3.97. The zero-order chi connectivity index (χ0) is 13.1. The molecule has 1 aromatic heterocycles. The van der Waals surface area contributed by atoms with Crippen LogP contribution in [0, 0.1) is 5.92 Å². The first-order valence-corrected chi connectivity index (χ1v) is 7.61. The van der Waals surface area contributed by atoms with Crippen LogP contribution in [0.15, 0.2) is 18.5 Å². The molecule has 2 fully saturated rings. The first-order valence-electron chi connectivity index (χ1n) is 7.61. The zero-order valence-corrected chi connectivity index (χ0v) is 11.8. The largest absolute Gasteiger partial charge is 0.339 e. The standard InChI is InChI=1S/C15H24N4/c1-12-5-2-7-14(12)18-13-6-3-10-19(11-13)15-16-8-4-9-17-15/h4,8-9,12-14,18H,2-3,5-7,10-11H2,1H3. The maximum Gasteiger partial charge on any atom is 0.225 e. The monoisotopic (exact) mass is 260 g/mol. The lowest BCUT2D eigenvalue weighted by Gasteiger charge is -2.35. The fourth-order valence-corrected chi connectivity index (χ4v) is 3.45. The van der Waals surface area contributed by atoms with Crippen LogP contribution in [0.1, 0.15) is 39.0 Å². The van der Waals surface area contributed by atoms with Gasteiger partial charge in [-0.1, -0.05) is 13.3 Å². The molecule has 3 atom stereocenters. The highest BCUT2D eigenvalue weighted by molar-refractivity contribution is 5.29. The number of aromatic nitrogens is 2. The Bertz CT molecular complexity index is 394. The predicted molar refractivity (Wildman–Crippen MR) is 77.2 cm³/mol. The topological polar surface area (TPSA) is 41.0 Å². The zero-order valence-electron chi connectivity index (χ0n) is 11.8. The second-order valence-electron chi connectivity index (χ2n) is 6.02. The van der Waals surface area contributed by atoms with Crippen molar-refractivity contribution in [2.45, 2.75) is 51.1 Å². The molecule has 104 valence electrons. The summed E-state index contributed by atoms with van der Waals surface area (Å²) in [4.78, 5) is 11.1. The highest BCUT2D eigenvalue weighted by atomic mass is 15.3. The Labute approximate surface area is 115 Å². The minimum absolute atomic E-state index is 0.600. The van der Waals surface area contributed by atoms with Gasteiger partial charge in [0.2, 0.25) is 5.95 Å². The van der Waals surface area contributed by atoms with Gasteiger partial charge in [0.15, 0.2) is 0 Å². The average molecular weight is 260 g/mol. The number of rotatable bonds is 3. The van der Waals surface area contributed by atoms with E-state index in [1.165, 1.54) is 32.1 Å². The van der Waals surface area contributed by atoms with E-state index in [2.05, 4.69) is 27.1 Å². The minimum Gasteiger partial charge on any atom is -0.339 e. The van der Waals surface area contributed by atoms with Crippen LogP contribution in [0.3, 0.4) is 0 Å². The molecule has 2 aliphatic rings. The third-order valence-corrected chi connectivity index (χ3v) is 4.57. The van der Waals surface area contributed by atoms with Gasteiger partial charge >= 0.3 is 0 Å². The molecule has 1 N–H and O–H groups in total. The average Bonchev–Trinajstić information content (AvgIpc) is 2.86. The number of hydrogen-bond donors (Lipinski definition) is 1. The number of nitrogens with zero attached hydrogens (tertiary/aromatic N) is 3. The third-order valence-electron chi connectivity index (χ3n) is 4.57. The van der Waals surface area contributed by atoms with Gasteiger partial charge < -0.3 is 10.2 Å².